The molecule has 0 aliphatic carbocycles. The van der Waals surface area contributed by atoms with E-state index in [0.29, 0.717) is 28.7 Å². The molecule has 0 saturated heterocycles. The molecule has 1 amide bonds. The van der Waals surface area contributed by atoms with E-state index in [4.69, 9.17) is 4.42 Å². The van der Waals surface area contributed by atoms with E-state index < -0.39 is 0 Å². The summed E-state index contributed by atoms with van der Waals surface area (Å²) < 4.78 is 6.93. The predicted molar refractivity (Wildman–Crippen MR) is 120 cm³/mol. The van der Waals surface area contributed by atoms with Crippen LogP contribution in [0.15, 0.2) is 89.7 Å². The Morgan fingerprint density at radius 3 is 2.25 bits per heavy atom. The van der Waals surface area contributed by atoms with Gasteiger partial charge in [-0.2, -0.15) is 4.52 Å². The first kappa shape index (κ1) is 19.5. The van der Waals surface area contributed by atoms with Gasteiger partial charge in [0.1, 0.15) is 5.56 Å². The molecule has 0 unspecified atom stereocenters. The molecule has 0 bridgehead atoms. The third kappa shape index (κ3) is 3.58. The summed E-state index contributed by atoms with van der Waals surface area (Å²) in [6, 6.07) is 22.8. The van der Waals surface area contributed by atoms with Crippen LogP contribution in [0.5, 0.6) is 0 Å². The summed E-state index contributed by atoms with van der Waals surface area (Å²) in [6.45, 7) is 0. The van der Waals surface area contributed by atoms with E-state index in [1.54, 1.807) is 25.4 Å². The Hall–Kier alpha value is -4.46. The first-order chi connectivity index (χ1) is 15.7. The lowest BCUT2D eigenvalue weighted by atomic mass is 9.98. The van der Waals surface area contributed by atoms with Gasteiger partial charge in [-0.05, 0) is 23.3 Å². The molecule has 3 heterocycles. The topological polar surface area (TPSA) is 97.3 Å². The smallest absolute Gasteiger partial charge is 0.257 e. The van der Waals surface area contributed by atoms with Crippen molar-refractivity contribution in [3.63, 3.8) is 0 Å². The highest BCUT2D eigenvalue weighted by Gasteiger charge is 2.23. The Balaban J connectivity index is 1.56. The van der Waals surface area contributed by atoms with Crippen molar-refractivity contribution in [3.8, 4) is 11.6 Å². The van der Waals surface area contributed by atoms with Crippen LogP contribution in [0.2, 0.25) is 0 Å². The van der Waals surface area contributed by atoms with Crippen LogP contribution in [-0.2, 0) is 0 Å². The molecule has 2 aromatic carbocycles. The average Bonchev–Trinajstić information content (AvgIpc) is 3.53. The standard InChI is InChI=1S/C24H20N6O2/c1-25-24-26-15-18(22-28-21(29-30(22)24)19-13-8-14-32-19)23(31)27-20(16-9-4-2-5-10-16)17-11-6-3-7-12-17/h2-15,20H,1H3,(H,25,26)(H,27,31). The lowest BCUT2D eigenvalue weighted by Gasteiger charge is -2.20. The highest BCUT2D eigenvalue weighted by Crippen LogP contribution is 2.24. The Bertz CT molecular complexity index is 1310. The first-order valence-electron chi connectivity index (χ1n) is 10.1. The van der Waals surface area contributed by atoms with Crippen molar-refractivity contribution in [2.24, 2.45) is 0 Å². The van der Waals surface area contributed by atoms with E-state index >= 15 is 0 Å². The van der Waals surface area contributed by atoms with E-state index in [9.17, 15) is 4.79 Å². The quantitative estimate of drug-likeness (QED) is 0.428. The Kier molecular flexibility index (Phi) is 5.09. The maximum absolute atomic E-state index is 13.4. The van der Waals surface area contributed by atoms with Gasteiger partial charge in [0.2, 0.25) is 11.8 Å². The van der Waals surface area contributed by atoms with Gasteiger partial charge in [-0.25, -0.2) is 9.97 Å². The van der Waals surface area contributed by atoms with Crippen LogP contribution in [0.25, 0.3) is 17.2 Å². The van der Waals surface area contributed by atoms with E-state index in [-0.39, 0.29) is 11.9 Å². The van der Waals surface area contributed by atoms with Crippen LogP contribution < -0.4 is 10.6 Å². The number of nitrogens with one attached hydrogen (secondary N) is 2. The number of anilines is 1. The number of benzene rings is 2. The molecule has 0 radical (unpaired) electrons. The summed E-state index contributed by atoms with van der Waals surface area (Å²) in [5.41, 5.74) is 2.64. The second-order valence-corrected chi connectivity index (χ2v) is 7.12. The lowest BCUT2D eigenvalue weighted by molar-refractivity contribution is 0.0943. The number of carbonyl (C=O) groups is 1. The van der Waals surface area contributed by atoms with Crippen LogP contribution in [0.4, 0.5) is 5.95 Å². The van der Waals surface area contributed by atoms with Crippen molar-refractivity contribution >= 4 is 17.5 Å². The van der Waals surface area contributed by atoms with Crippen molar-refractivity contribution in [1.82, 2.24) is 24.9 Å². The molecule has 8 nitrogen and oxygen atoms in total. The lowest BCUT2D eigenvalue weighted by Crippen LogP contribution is -2.30. The van der Waals surface area contributed by atoms with Gasteiger partial charge in [0.25, 0.3) is 5.91 Å². The molecule has 0 spiro atoms. The molecule has 0 aliphatic heterocycles. The van der Waals surface area contributed by atoms with Crippen LogP contribution >= 0.6 is 0 Å². The van der Waals surface area contributed by atoms with Gasteiger partial charge in [-0.15, -0.1) is 5.10 Å². The molecule has 158 valence electrons. The number of carbonyl (C=O) groups excluding carboxylic acids is 1. The van der Waals surface area contributed by atoms with Gasteiger partial charge in [0.05, 0.1) is 12.3 Å². The van der Waals surface area contributed by atoms with Crippen LogP contribution in [0.1, 0.15) is 27.5 Å². The maximum Gasteiger partial charge on any atom is 0.257 e. The molecule has 32 heavy (non-hydrogen) atoms. The van der Waals surface area contributed by atoms with Crippen molar-refractivity contribution < 1.29 is 9.21 Å². The molecule has 0 atom stereocenters. The largest absolute Gasteiger partial charge is 0.461 e. The van der Waals surface area contributed by atoms with Crippen LogP contribution in [0.3, 0.4) is 0 Å². The number of fused-ring (bicyclic) bond motifs is 1. The molecule has 5 rings (SSSR count). The average molecular weight is 424 g/mol. The predicted octanol–water partition coefficient (Wildman–Crippen LogP) is 3.95. The van der Waals surface area contributed by atoms with Crippen molar-refractivity contribution in [3.05, 3.63) is 102 Å². The maximum atomic E-state index is 13.4. The van der Waals surface area contributed by atoms with E-state index in [0.717, 1.165) is 11.1 Å². The highest BCUT2D eigenvalue weighted by molar-refractivity contribution is 6.00. The Morgan fingerprint density at radius 1 is 0.969 bits per heavy atom. The van der Waals surface area contributed by atoms with E-state index in [1.165, 1.54) is 10.7 Å². The Morgan fingerprint density at radius 2 is 1.66 bits per heavy atom. The number of furan rings is 1. The molecule has 0 fully saturated rings. The summed E-state index contributed by atoms with van der Waals surface area (Å²) in [7, 11) is 1.73. The minimum absolute atomic E-state index is 0.304. The zero-order valence-electron chi connectivity index (χ0n) is 17.3. The van der Waals surface area contributed by atoms with E-state index in [1.807, 2.05) is 60.7 Å². The molecule has 0 aliphatic rings. The minimum Gasteiger partial charge on any atom is -0.461 e. The second kappa shape index (κ2) is 8.35. The summed E-state index contributed by atoms with van der Waals surface area (Å²) in [5, 5.41) is 10.6. The van der Waals surface area contributed by atoms with Crippen molar-refractivity contribution in [1.29, 1.82) is 0 Å². The first-order valence-corrected chi connectivity index (χ1v) is 10.1. The molecule has 5 aromatic rings. The zero-order chi connectivity index (χ0) is 21.9. The van der Waals surface area contributed by atoms with Gasteiger partial charge < -0.3 is 15.1 Å². The number of aromatic nitrogens is 4. The molecule has 3 aromatic heterocycles. The van der Waals surface area contributed by atoms with Gasteiger partial charge in [-0.1, -0.05) is 60.7 Å². The SMILES string of the molecule is CNc1ncc(C(=O)NC(c2ccccc2)c2ccccc2)c2nc(-c3ccco3)nn12. The molecule has 8 heteroatoms. The van der Waals surface area contributed by atoms with Crippen LogP contribution in [0, 0.1) is 0 Å². The monoisotopic (exact) mass is 424 g/mol. The molecule has 2 N–H and O–H groups in total. The number of hydrogen-bond acceptors (Lipinski definition) is 6. The fourth-order valence-corrected chi connectivity index (χ4v) is 3.57. The number of nitrogens with zero attached hydrogens (tertiary/aromatic N) is 4. The summed E-state index contributed by atoms with van der Waals surface area (Å²) in [4.78, 5) is 22.3. The summed E-state index contributed by atoms with van der Waals surface area (Å²) in [6.07, 6.45) is 3.06. The highest BCUT2D eigenvalue weighted by atomic mass is 16.3. The molecular formula is C24H20N6O2. The third-order valence-corrected chi connectivity index (χ3v) is 5.12. The number of amides is 1. The third-order valence-electron chi connectivity index (χ3n) is 5.12. The second-order valence-electron chi connectivity index (χ2n) is 7.12. The van der Waals surface area contributed by atoms with Gasteiger partial charge >= 0.3 is 0 Å². The van der Waals surface area contributed by atoms with Gasteiger partial charge in [-0.3, -0.25) is 4.79 Å². The summed E-state index contributed by atoms with van der Waals surface area (Å²) in [5.74, 6) is 1.04. The minimum atomic E-state index is -0.332. The fourth-order valence-electron chi connectivity index (χ4n) is 3.57. The number of hydrogen-bond donors (Lipinski definition) is 2. The molecular weight excluding hydrogens is 404 g/mol. The summed E-state index contributed by atoms with van der Waals surface area (Å²) >= 11 is 0. The molecule has 0 saturated carbocycles. The van der Waals surface area contributed by atoms with Crippen molar-refractivity contribution in [2.45, 2.75) is 6.04 Å². The van der Waals surface area contributed by atoms with E-state index in [2.05, 4.69) is 25.7 Å². The van der Waals surface area contributed by atoms with Gasteiger partial charge in [0, 0.05) is 13.2 Å². The van der Waals surface area contributed by atoms with Crippen molar-refractivity contribution in [2.75, 3.05) is 12.4 Å². The fraction of sp³-hybridized carbons (Fsp3) is 0.0833. The Labute approximate surface area is 183 Å². The number of rotatable bonds is 6. The van der Waals surface area contributed by atoms with Gasteiger partial charge in [0.15, 0.2) is 11.4 Å². The van der Waals surface area contributed by atoms with Crippen LogP contribution in [-0.4, -0.2) is 32.5 Å². The zero-order valence-corrected chi connectivity index (χ0v) is 17.3. The normalized spacial score (nSPS) is 11.1.